The summed E-state index contributed by atoms with van der Waals surface area (Å²) in [6.07, 6.45) is 2.06. The molecule has 0 saturated carbocycles. The van der Waals surface area contributed by atoms with Crippen molar-refractivity contribution in [1.82, 2.24) is 25.7 Å². The Morgan fingerprint density at radius 2 is 2.29 bits per heavy atom. The normalized spacial score (nSPS) is 19.2. The second-order valence-corrected chi connectivity index (χ2v) is 6.69. The first kappa shape index (κ1) is 15.9. The molecule has 0 radical (unpaired) electrons. The molecule has 1 aromatic rings. The Labute approximate surface area is 125 Å². The number of nitrogens with zero attached hydrogens (tertiary/aromatic N) is 3. The van der Waals surface area contributed by atoms with Gasteiger partial charge < -0.3 is 20.1 Å². The maximum absolute atomic E-state index is 12.1. The average Bonchev–Trinajstić information content (AvgIpc) is 3.04. The molecule has 1 aliphatic heterocycles. The summed E-state index contributed by atoms with van der Waals surface area (Å²) in [6, 6.07) is 0.0873. The molecule has 1 aromatic heterocycles. The second kappa shape index (κ2) is 6.53. The molecule has 0 aromatic carbocycles. The van der Waals surface area contributed by atoms with E-state index in [0.29, 0.717) is 12.4 Å². The number of aromatic nitrogens is 2. The predicted octanol–water partition coefficient (Wildman–Crippen LogP) is 0.812. The summed E-state index contributed by atoms with van der Waals surface area (Å²) in [4.78, 5) is 18.4. The van der Waals surface area contributed by atoms with E-state index in [-0.39, 0.29) is 23.2 Å². The largest absolute Gasteiger partial charge is 0.349 e. The maximum atomic E-state index is 12.1. The molecule has 1 unspecified atom stereocenters. The number of hydrogen-bond donors (Lipinski definition) is 2. The first-order valence-corrected chi connectivity index (χ1v) is 7.37. The maximum Gasteiger partial charge on any atom is 0.292 e. The van der Waals surface area contributed by atoms with Crippen LogP contribution >= 0.6 is 0 Å². The van der Waals surface area contributed by atoms with Gasteiger partial charge in [-0.05, 0) is 38.9 Å². The fourth-order valence-electron chi connectivity index (χ4n) is 2.67. The molecule has 7 nitrogen and oxygen atoms in total. The Morgan fingerprint density at radius 1 is 1.52 bits per heavy atom. The third-order valence-electron chi connectivity index (χ3n) is 3.47. The molecule has 1 fully saturated rings. The fraction of sp³-hybridized carbons (Fsp3) is 0.786. The number of carbonyl (C=O) groups is 1. The van der Waals surface area contributed by atoms with E-state index in [1.54, 1.807) is 0 Å². The van der Waals surface area contributed by atoms with Crippen molar-refractivity contribution >= 4 is 5.91 Å². The summed E-state index contributed by atoms with van der Waals surface area (Å²) in [5.41, 5.74) is -0.0151. The van der Waals surface area contributed by atoms with Crippen molar-refractivity contribution in [2.75, 3.05) is 33.7 Å². The third-order valence-corrected chi connectivity index (χ3v) is 3.47. The lowest BCUT2D eigenvalue weighted by atomic mass is 9.93. The molecule has 7 heteroatoms. The minimum Gasteiger partial charge on any atom is -0.349 e. The summed E-state index contributed by atoms with van der Waals surface area (Å²) in [7, 11) is 4.03. The van der Waals surface area contributed by atoms with E-state index in [9.17, 15) is 4.79 Å². The standard InChI is InChI=1S/C14H25N5O2/c1-14(2,9-19(3)4)8-16-12(20)11-17-13(21-18-11)10-6-5-7-15-10/h10,15H,5-9H2,1-4H3,(H,16,20). The van der Waals surface area contributed by atoms with Gasteiger partial charge in [-0.3, -0.25) is 4.79 Å². The van der Waals surface area contributed by atoms with Crippen molar-refractivity contribution in [2.45, 2.75) is 32.7 Å². The monoisotopic (exact) mass is 295 g/mol. The molecule has 0 bridgehead atoms. The van der Waals surface area contributed by atoms with Gasteiger partial charge in [0.1, 0.15) is 0 Å². The fourth-order valence-corrected chi connectivity index (χ4v) is 2.67. The van der Waals surface area contributed by atoms with Crippen LogP contribution in [0.2, 0.25) is 0 Å². The molecule has 0 spiro atoms. The molecule has 1 aliphatic rings. The molecule has 1 amide bonds. The van der Waals surface area contributed by atoms with Gasteiger partial charge in [0.25, 0.3) is 11.7 Å². The first-order chi connectivity index (χ1) is 9.87. The highest BCUT2D eigenvalue weighted by molar-refractivity contribution is 5.90. The van der Waals surface area contributed by atoms with Gasteiger partial charge in [-0.25, -0.2) is 0 Å². The third kappa shape index (κ3) is 4.50. The van der Waals surface area contributed by atoms with Crippen molar-refractivity contribution in [3.63, 3.8) is 0 Å². The molecule has 2 rings (SSSR count). The predicted molar refractivity (Wildman–Crippen MR) is 78.9 cm³/mol. The van der Waals surface area contributed by atoms with Gasteiger partial charge in [0, 0.05) is 13.1 Å². The van der Waals surface area contributed by atoms with Crippen LogP contribution in [0.5, 0.6) is 0 Å². The first-order valence-electron chi connectivity index (χ1n) is 7.37. The highest BCUT2D eigenvalue weighted by Gasteiger charge is 2.25. The lowest BCUT2D eigenvalue weighted by molar-refractivity contribution is 0.0915. The molecule has 21 heavy (non-hydrogen) atoms. The summed E-state index contributed by atoms with van der Waals surface area (Å²) in [5.74, 6) is 0.333. The van der Waals surface area contributed by atoms with Gasteiger partial charge in [0.05, 0.1) is 6.04 Å². The van der Waals surface area contributed by atoms with Gasteiger partial charge in [-0.2, -0.15) is 4.98 Å². The van der Waals surface area contributed by atoms with Crippen molar-refractivity contribution in [3.8, 4) is 0 Å². The van der Waals surface area contributed by atoms with Crippen molar-refractivity contribution < 1.29 is 9.32 Å². The van der Waals surface area contributed by atoms with E-state index < -0.39 is 0 Å². The van der Waals surface area contributed by atoms with Crippen LogP contribution in [0.25, 0.3) is 0 Å². The lowest BCUT2D eigenvalue weighted by Gasteiger charge is -2.28. The smallest absolute Gasteiger partial charge is 0.292 e. The summed E-state index contributed by atoms with van der Waals surface area (Å²) in [6.45, 7) is 6.62. The van der Waals surface area contributed by atoms with E-state index in [1.165, 1.54) is 0 Å². The summed E-state index contributed by atoms with van der Waals surface area (Å²) < 4.78 is 5.17. The van der Waals surface area contributed by atoms with Crippen LogP contribution in [0.3, 0.4) is 0 Å². The Kier molecular flexibility index (Phi) is 4.95. The number of nitrogens with one attached hydrogen (secondary N) is 2. The zero-order valence-corrected chi connectivity index (χ0v) is 13.3. The van der Waals surface area contributed by atoms with Crippen LogP contribution in [0.1, 0.15) is 49.2 Å². The van der Waals surface area contributed by atoms with Crippen molar-refractivity contribution in [1.29, 1.82) is 0 Å². The number of rotatable bonds is 6. The second-order valence-electron chi connectivity index (χ2n) is 6.69. The molecular formula is C14H25N5O2. The summed E-state index contributed by atoms with van der Waals surface area (Å²) >= 11 is 0. The van der Waals surface area contributed by atoms with Crippen molar-refractivity contribution in [2.24, 2.45) is 5.41 Å². The van der Waals surface area contributed by atoms with Gasteiger partial charge in [0.15, 0.2) is 0 Å². The van der Waals surface area contributed by atoms with Gasteiger partial charge in [-0.1, -0.05) is 19.0 Å². The van der Waals surface area contributed by atoms with E-state index in [0.717, 1.165) is 25.9 Å². The van der Waals surface area contributed by atoms with E-state index >= 15 is 0 Å². The van der Waals surface area contributed by atoms with Gasteiger partial charge in [-0.15, -0.1) is 0 Å². The molecule has 0 aliphatic carbocycles. The minimum absolute atomic E-state index is 0.0151. The zero-order valence-electron chi connectivity index (χ0n) is 13.3. The van der Waals surface area contributed by atoms with Crippen LogP contribution in [-0.4, -0.2) is 54.7 Å². The summed E-state index contributed by atoms with van der Waals surface area (Å²) in [5, 5.41) is 9.92. The van der Waals surface area contributed by atoms with Crippen LogP contribution in [0.4, 0.5) is 0 Å². The Balaban J connectivity index is 1.88. The van der Waals surface area contributed by atoms with Crippen molar-refractivity contribution in [3.05, 3.63) is 11.7 Å². The van der Waals surface area contributed by atoms with E-state index in [2.05, 4.69) is 39.5 Å². The number of amides is 1. The molecule has 2 heterocycles. The van der Waals surface area contributed by atoms with Crippen LogP contribution in [0.15, 0.2) is 4.52 Å². The minimum atomic E-state index is -0.283. The highest BCUT2D eigenvalue weighted by atomic mass is 16.5. The van der Waals surface area contributed by atoms with E-state index in [4.69, 9.17) is 4.52 Å². The number of hydrogen-bond acceptors (Lipinski definition) is 6. The quantitative estimate of drug-likeness (QED) is 0.808. The topological polar surface area (TPSA) is 83.3 Å². The van der Waals surface area contributed by atoms with Crippen LogP contribution < -0.4 is 10.6 Å². The number of carbonyl (C=O) groups excluding carboxylic acids is 1. The zero-order chi connectivity index (χ0) is 15.5. The molecule has 118 valence electrons. The lowest BCUT2D eigenvalue weighted by Crippen LogP contribution is -2.40. The van der Waals surface area contributed by atoms with E-state index in [1.807, 2.05) is 14.1 Å². The SMILES string of the molecule is CN(C)CC(C)(C)CNC(=O)c1noc(C2CCCN2)n1. The molecule has 1 atom stereocenters. The Hall–Kier alpha value is -1.47. The average molecular weight is 295 g/mol. The Bertz CT molecular complexity index is 477. The van der Waals surface area contributed by atoms with Crippen LogP contribution in [-0.2, 0) is 0 Å². The molecule has 1 saturated heterocycles. The highest BCUT2D eigenvalue weighted by Crippen LogP contribution is 2.21. The molecule has 2 N–H and O–H groups in total. The molecular weight excluding hydrogens is 270 g/mol. The van der Waals surface area contributed by atoms with Crippen LogP contribution in [0, 0.1) is 5.41 Å². The van der Waals surface area contributed by atoms with Gasteiger partial charge in [0.2, 0.25) is 5.89 Å². The Morgan fingerprint density at radius 3 is 2.90 bits per heavy atom. The van der Waals surface area contributed by atoms with Gasteiger partial charge >= 0.3 is 0 Å².